The fraction of sp³-hybridized carbons (Fsp3) is 0.143. The summed E-state index contributed by atoms with van der Waals surface area (Å²) in [6.45, 7) is -0.313. The van der Waals surface area contributed by atoms with Gasteiger partial charge in [-0.05, 0) is 9.13 Å². The van der Waals surface area contributed by atoms with Gasteiger partial charge in [-0.15, -0.1) is 22.6 Å². The molecule has 8 heteroatoms. The summed E-state index contributed by atoms with van der Waals surface area (Å²) in [6.07, 6.45) is 0. The van der Waals surface area contributed by atoms with Crippen molar-refractivity contribution in [2.24, 2.45) is 7.05 Å². The van der Waals surface area contributed by atoms with Crippen molar-refractivity contribution in [3.63, 3.8) is 0 Å². The maximum atomic E-state index is 14.1. The largest absolute Gasteiger partial charge is 0.479 e. The van der Waals surface area contributed by atoms with E-state index in [4.69, 9.17) is 10.00 Å². The van der Waals surface area contributed by atoms with E-state index in [1.807, 2.05) is 22.6 Å². The summed E-state index contributed by atoms with van der Waals surface area (Å²) in [5.41, 5.74) is -0.731. The van der Waals surface area contributed by atoms with Gasteiger partial charge in [0.25, 0.3) is 0 Å². The molecular formula is C14H8F2IN2O2Y-. The molecule has 0 spiro atoms. The van der Waals surface area contributed by atoms with Crippen LogP contribution in [-0.4, -0.2) is 11.2 Å². The Kier molecular flexibility index (Phi) is 7.10. The van der Waals surface area contributed by atoms with Gasteiger partial charge in [-0.3, -0.25) is 4.79 Å². The van der Waals surface area contributed by atoms with E-state index in [2.05, 4.69) is 6.07 Å². The molecule has 111 valence electrons. The zero-order valence-electron chi connectivity index (χ0n) is 11.4. The van der Waals surface area contributed by atoms with Gasteiger partial charge in [0.1, 0.15) is 11.8 Å². The van der Waals surface area contributed by atoms with Gasteiger partial charge in [0.05, 0.1) is 11.6 Å². The van der Waals surface area contributed by atoms with Crippen molar-refractivity contribution >= 4 is 22.6 Å². The van der Waals surface area contributed by atoms with E-state index < -0.39 is 11.6 Å². The Morgan fingerprint density at radius 1 is 1.41 bits per heavy atom. The third-order valence-corrected chi connectivity index (χ3v) is 3.51. The molecular weight excluding hydrogens is 482 g/mol. The van der Waals surface area contributed by atoms with Crippen molar-refractivity contribution < 1.29 is 46.2 Å². The SMILES string of the molecule is Cn1c(-c2c(F)cc(OCC#N)cc2F)[c-]cc(I)c1=O.[Y]. The monoisotopic (exact) mass is 490 g/mol. The molecule has 0 atom stereocenters. The average molecular weight is 490 g/mol. The molecule has 0 unspecified atom stereocenters. The van der Waals surface area contributed by atoms with E-state index in [1.165, 1.54) is 13.1 Å². The fourth-order valence-corrected chi connectivity index (χ4v) is 2.28. The van der Waals surface area contributed by atoms with Crippen LogP contribution in [0.5, 0.6) is 5.75 Å². The zero-order valence-corrected chi connectivity index (χ0v) is 16.4. The Morgan fingerprint density at radius 3 is 2.55 bits per heavy atom. The molecule has 1 radical (unpaired) electrons. The molecule has 0 fully saturated rings. The Bertz CT molecular complexity index is 779. The molecule has 4 nitrogen and oxygen atoms in total. The van der Waals surface area contributed by atoms with Crippen molar-refractivity contribution in [3.8, 4) is 23.1 Å². The molecule has 2 rings (SSSR count). The number of ether oxygens (including phenoxy) is 1. The number of nitriles is 1. The summed E-state index contributed by atoms with van der Waals surface area (Å²) in [4.78, 5) is 11.8. The van der Waals surface area contributed by atoms with Gasteiger partial charge in [-0.2, -0.15) is 17.4 Å². The van der Waals surface area contributed by atoms with Crippen LogP contribution in [0.4, 0.5) is 8.78 Å². The maximum Gasteiger partial charge on any atom is 0.207 e. The van der Waals surface area contributed by atoms with Crippen LogP contribution >= 0.6 is 22.6 Å². The van der Waals surface area contributed by atoms with Gasteiger partial charge in [0, 0.05) is 51.9 Å². The van der Waals surface area contributed by atoms with E-state index in [9.17, 15) is 13.6 Å². The molecule has 1 aromatic carbocycles. The quantitative estimate of drug-likeness (QED) is 0.492. The van der Waals surface area contributed by atoms with Gasteiger partial charge >= 0.3 is 0 Å². The van der Waals surface area contributed by atoms with Crippen LogP contribution in [0.1, 0.15) is 0 Å². The van der Waals surface area contributed by atoms with Crippen LogP contribution in [0, 0.1) is 32.6 Å². The second-order valence-corrected chi connectivity index (χ2v) is 5.22. The van der Waals surface area contributed by atoms with Gasteiger partial charge in [0.15, 0.2) is 6.61 Å². The van der Waals surface area contributed by atoms with E-state index in [0.29, 0.717) is 3.57 Å². The first kappa shape index (κ1) is 19.2. The standard InChI is InChI=1S/C14H8F2IN2O2.Y/c1-19-12(3-2-11(17)14(19)20)13-9(15)6-8(7-10(13)16)21-5-4-18;/h2,6-7H,5H2,1H3;/q-1;. The Balaban J connectivity index is 0.00000242. The zero-order chi connectivity index (χ0) is 15.6. The number of aromatic nitrogens is 1. The smallest absolute Gasteiger partial charge is 0.207 e. The van der Waals surface area contributed by atoms with Gasteiger partial charge in [-0.1, -0.05) is 5.69 Å². The molecule has 0 saturated carbocycles. The van der Waals surface area contributed by atoms with Crippen molar-refractivity contribution in [1.82, 2.24) is 4.57 Å². The maximum absolute atomic E-state index is 14.1. The number of hydrogen-bond donors (Lipinski definition) is 0. The average Bonchev–Trinajstić information content (AvgIpc) is 2.44. The predicted octanol–water partition coefficient (Wildman–Crippen LogP) is 2.64. The minimum Gasteiger partial charge on any atom is -0.479 e. The minimum atomic E-state index is -0.893. The number of nitrogens with zero attached hydrogens (tertiary/aromatic N) is 2. The Morgan fingerprint density at radius 2 is 2.00 bits per heavy atom. The summed E-state index contributed by atoms with van der Waals surface area (Å²) in [5, 5.41) is 8.39. The van der Waals surface area contributed by atoms with E-state index >= 15 is 0 Å². The normalized spacial score (nSPS) is 9.77. The molecule has 0 amide bonds. The van der Waals surface area contributed by atoms with Crippen molar-refractivity contribution in [2.75, 3.05) is 6.61 Å². The topological polar surface area (TPSA) is 55.0 Å². The molecule has 0 bridgehead atoms. The summed E-state index contributed by atoms with van der Waals surface area (Å²) in [6, 6.07) is 7.69. The molecule has 0 aliphatic rings. The van der Waals surface area contributed by atoms with Crippen LogP contribution in [0.2, 0.25) is 0 Å². The van der Waals surface area contributed by atoms with Crippen molar-refractivity contribution in [2.45, 2.75) is 0 Å². The van der Waals surface area contributed by atoms with Gasteiger partial charge < -0.3 is 9.30 Å². The van der Waals surface area contributed by atoms with E-state index in [1.54, 1.807) is 6.07 Å². The third-order valence-electron chi connectivity index (χ3n) is 2.74. The van der Waals surface area contributed by atoms with Crippen molar-refractivity contribution in [3.05, 3.63) is 49.8 Å². The third kappa shape index (κ3) is 3.92. The van der Waals surface area contributed by atoms with Crippen LogP contribution < -0.4 is 10.3 Å². The Labute approximate surface area is 164 Å². The number of hydrogen-bond acceptors (Lipinski definition) is 3. The summed E-state index contributed by atoms with van der Waals surface area (Å²) in [5.74, 6) is -1.88. The van der Waals surface area contributed by atoms with Crippen molar-refractivity contribution in [1.29, 1.82) is 5.26 Å². The first-order valence-corrected chi connectivity index (χ1v) is 6.80. The van der Waals surface area contributed by atoms with Crippen LogP contribution in [0.3, 0.4) is 0 Å². The summed E-state index contributed by atoms with van der Waals surface area (Å²) < 4.78 is 34.6. The second kappa shape index (κ2) is 8.13. The molecule has 1 aromatic heterocycles. The second-order valence-electron chi connectivity index (χ2n) is 4.06. The number of halogens is 3. The summed E-state index contributed by atoms with van der Waals surface area (Å²) in [7, 11) is 1.41. The summed E-state index contributed by atoms with van der Waals surface area (Å²) >= 11 is 1.82. The molecule has 22 heavy (non-hydrogen) atoms. The molecule has 0 N–H and O–H groups in total. The Hall–Kier alpha value is -0.846. The van der Waals surface area contributed by atoms with Crippen LogP contribution in [0.25, 0.3) is 11.3 Å². The minimum absolute atomic E-state index is 0. The first-order valence-electron chi connectivity index (χ1n) is 5.72. The number of benzene rings is 1. The van der Waals surface area contributed by atoms with Crippen LogP contribution in [-0.2, 0) is 39.8 Å². The number of pyridine rings is 1. The number of rotatable bonds is 3. The fourth-order valence-electron chi connectivity index (χ4n) is 1.77. The molecule has 2 aromatic rings. The molecule has 0 aliphatic carbocycles. The first-order chi connectivity index (χ1) is 9.95. The molecule has 0 saturated heterocycles. The van der Waals surface area contributed by atoms with Crippen LogP contribution in [0.15, 0.2) is 23.0 Å². The van der Waals surface area contributed by atoms with Gasteiger partial charge in [-0.25, -0.2) is 8.78 Å². The molecule has 0 aliphatic heterocycles. The predicted molar refractivity (Wildman–Crippen MR) is 79.7 cm³/mol. The van der Waals surface area contributed by atoms with Gasteiger partial charge in [0.2, 0.25) is 5.56 Å². The van der Waals surface area contributed by atoms with E-state index in [0.717, 1.165) is 16.7 Å². The van der Waals surface area contributed by atoms with E-state index in [-0.39, 0.29) is 61.9 Å². The molecule has 1 heterocycles.